The molecule has 1 aliphatic carbocycles. The Balaban J connectivity index is 1.89. The molecule has 5 nitrogen and oxygen atoms in total. The molecule has 0 saturated carbocycles. The summed E-state index contributed by atoms with van der Waals surface area (Å²) in [6.07, 6.45) is 4.22. The topological polar surface area (TPSA) is 79.2 Å². The number of esters is 1. The van der Waals surface area contributed by atoms with Gasteiger partial charge in [0.25, 0.3) is 5.91 Å². The first-order chi connectivity index (χ1) is 12.1. The molecule has 0 aliphatic heterocycles. The number of thiophene rings is 1. The van der Waals surface area contributed by atoms with Crippen LogP contribution in [0.3, 0.4) is 0 Å². The maximum atomic E-state index is 12.5. The maximum absolute atomic E-state index is 12.5. The predicted molar refractivity (Wildman–Crippen MR) is 96.3 cm³/mol. The van der Waals surface area contributed by atoms with Crippen molar-refractivity contribution < 1.29 is 14.3 Å². The molecule has 1 N–H and O–H groups in total. The molecule has 0 fully saturated rings. The lowest BCUT2D eigenvalue weighted by molar-refractivity contribution is -0.112. The Bertz CT molecular complexity index is 891. The number of ether oxygens (including phenoxy) is 1. The first-order valence-corrected chi connectivity index (χ1v) is 8.66. The Morgan fingerprint density at radius 3 is 2.72 bits per heavy atom. The third-order valence-corrected chi connectivity index (χ3v) is 5.22. The summed E-state index contributed by atoms with van der Waals surface area (Å²) in [5.41, 5.74) is 2.12. The normalized spacial score (nSPS) is 13.0. The van der Waals surface area contributed by atoms with Crippen LogP contribution in [0.1, 0.15) is 32.8 Å². The number of rotatable bonds is 4. The fourth-order valence-electron chi connectivity index (χ4n) is 2.85. The number of nitrogens with zero attached hydrogens (tertiary/aromatic N) is 1. The molecule has 6 heteroatoms. The molecule has 1 aromatic heterocycles. The third-order valence-electron chi connectivity index (χ3n) is 4.01. The first-order valence-electron chi connectivity index (χ1n) is 7.85. The van der Waals surface area contributed by atoms with Gasteiger partial charge in [0.2, 0.25) is 0 Å². The van der Waals surface area contributed by atoms with Crippen molar-refractivity contribution in [1.82, 2.24) is 0 Å². The minimum atomic E-state index is -0.531. The van der Waals surface area contributed by atoms with E-state index in [0.717, 1.165) is 35.3 Å². The Labute approximate surface area is 149 Å². The number of nitrogens with one attached hydrogen (secondary N) is 1. The molecular weight excluding hydrogens is 336 g/mol. The van der Waals surface area contributed by atoms with Gasteiger partial charge in [0, 0.05) is 4.88 Å². The standard InChI is InChI=1S/C19H16N2O3S/c1-24-19(23)16-14-8-5-9-15(14)25-18(16)21-17(22)13(11-20)10-12-6-3-2-4-7-12/h2-4,6-7,10H,5,8-9H2,1H3,(H,21,22). The number of nitriles is 1. The van der Waals surface area contributed by atoms with Crippen molar-refractivity contribution in [3.8, 4) is 6.07 Å². The molecule has 1 heterocycles. The molecule has 0 bridgehead atoms. The number of anilines is 1. The zero-order valence-corrected chi connectivity index (χ0v) is 14.5. The van der Waals surface area contributed by atoms with Crippen molar-refractivity contribution in [3.63, 3.8) is 0 Å². The number of benzene rings is 1. The van der Waals surface area contributed by atoms with E-state index in [1.165, 1.54) is 24.5 Å². The van der Waals surface area contributed by atoms with Crippen LogP contribution in [0.25, 0.3) is 6.08 Å². The Morgan fingerprint density at radius 1 is 1.28 bits per heavy atom. The van der Waals surface area contributed by atoms with E-state index in [0.29, 0.717) is 10.6 Å². The molecular formula is C19H16N2O3S. The zero-order valence-electron chi connectivity index (χ0n) is 13.7. The van der Waals surface area contributed by atoms with Crippen LogP contribution in [0, 0.1) is 11.3 Å². The van der Waals surface area contributed by atoms with E-state index < -0.39 is 11.9 Å². The number of carbonyl (C=O) groups excluding carboxylic acids is 2. The van der Waals surface area contributed by atoms with E-state index in [1.54, 1.807) is 0 Å². The second kappa shape index (κ2) is 7.32. The van der Waals surface area contributed by atoms with Gasteiger partial charge < -0.3 is 10.1 Å². The van der Waals surface area contributed by atoms with Crippen molar-refractivity contribution in [2.75, 3.05) is 12.4 Å². The molecule has 0 atom stereocenters. The van der Waals surface area contributed by atoms with Gasteiger partial charge in [-0.25, -0.2) is 4.79 Å². The van der Waals surface area contributed by atoms with Gasteiger partial charge in [-0.05, 0) is 36.5 Å². The van der Waals surface area contributed by atoms with E-state index in [-0.39, 0.29) is 5.57 Å². The number of amides is 1. The number of methoxy groups -OCH3 is 1. The quantitative estimate of drug-likeness (QED) is 0.518. The molecule has 0 saturated heterocycles. The largest absolute Gasteiger partial charge is 0.465 e. The molecule has 3 rings (SSSR count). The SMILES string of the molecule is COC(=O)c1c(NC(=O)C(C#N)=Cc2ccccc2)sc2c1CCC2. The summed E-state index contributed by atoms with van der Waals surface area (Å²) >= 11 is 1.39. The fraction of sp³-hybridized carbons (Fsp3) is 0.211. The molecule has 1 aliphatic rings. The van der Waals surface area contributed by atoms with E-state index >= 15 is 0 Å². The van der Waals surface area contributed by atoms with Gasteiger partial charge in [-0.1, -0.05) is 30.3 Å². The summed E-state index contributed by atoms with van der Waals surface area (Å²) < 4.78 is 4.86. The van der Waals surface area contributed by atoms with Crippen LogP contribution in [0.4, 0.5) is 5.00 Å². The summed E-state index contributed by atoms with van der Waals surface area (Å²) in [5, 5.41) is 12.5. The van der Waals surface area contributed by atoms with E-state index in [1.807, 2.05) is 36.4 Å². The number of carbonyl (C=O) groups is 2. The summed E-state index contributed by atoms with van der Waals surface area (Å²) in [7, 11) is 1.32. The third kappa shape index (κ3) is 3.47. The van der Waals surface area contributed by atoms with Gasteiger partial charge in [-0.3, -0.25) is 4.79 Å². The second-order valence-electron chi connectivity index (χ2n) is 5.59. The van der Waals surface area contributed by atoms with Gasteiger partial charge in [-0.15, -0.1) is 11.3 Å². The average molecular weight is 352 g/mol. The van der Waals surface area contributed by atoms with Crippen LogP contribution in [-0.2, 0) is 22.4 Å². The van der Waals surface area contributed by atoms with Gasteiger partial charge >= 0.3 is 5.97 Å². The van der Waals surface area contributed by atoms with Crippen LogP contribution in [-0.4, -0.2) is 19.0 Å². The molecule has 1 aromatic carbocycles. The summed E-state index contributed by atoms with van der Waals surface area (Å²) in [5.74, 6) is -0.989. The van der Waals surface area contributed by atoms with Crippen LogP contribution >= 0.6 is 11.3 Å². The van der Waals surface area contributed by atoms with Crippen LogP contribution in [0.15, 0.2) is 35.9 Å². The molecule has 0 spiro atoms. The highest BCUT2D eigenvalue weighted by Gasteiger charge is 2.28. The van der Waals surface area contributed by atoms with Crippen LogP contribution in [0.5, 0.6) is 0 Å². The molecule has 0 unspecified atom stereocenters. The minimum Gasteiger partial charge on any atom is -0.465 e. The average Bonchev–Trinajstić information content (AvgIpc) is 3.20. The predicted octanol–water partition coefficient (Wildman–Crippen LogP) is 3.57. The molecule has 0 radical (unpaired) electrons. The lowest BCUT2D eigenvalue weighted by Gasteiger charge is -2.06. The van der Waals surface area contributed by atoms with Crippen molar-refractivity contribution in [2.45, 2.75) is 19.3 Å². The van der Waals surface area contributed by atoms with E-state index in [9.17, 15) is 14.9 Å². The van der Waals surface area contributed by atoms with Crippen molar-refractivity contribution in [1.29, 1.82) is 5.26 Å². The van der Waals surface area contributed by atoms with E-state index in [4.69, 9.17) is 4.74 Å². The Kier molecular flexibility index (Phi) is 4.96. The summed E-state index contributed by atoms with van der Waals surface area (Å²) in [6.45, 7) is 0. The monoisotopic (exact) mass is 352 g/mol. The highest BCUT2D eigenvalue weighted by molar-refractivity contribution is 7.17. The summed E-state index contributed by atoms with van der Waals surface area (Å²) in [6, 6.07) is 11.1. The van der Waals surface area contributed by atoms with Crippen molar-refractivity contribution >= 4 is 34.3 Å². The highest BCUT2D eigenvalue weighted by atomic mass is 32.1. The summed E-state index contributed by atoms with van der Waals surface area (Å²) in [4.78, 5) is 25.7. The minimum absolute atomic E-state index is 0.0180. The maximum Gasteiger partial charge on any atom is 0.341 e. The molecule has 1 amide bonds. The van der Waals surface area contributed by atoms with Gasteiger partial charge in [0.05, 0.1) is 12.7 Å². The Hall–Kier alpha value is -2.91. The smallest absolute Gasteiger partial charge is 0.341 e. The second-order valence-corrected chi connectivity index (χ2v) is 6.69. The number of hydrogen-bond donors (Lipinski definition) is 1. The lowest BCUT2D eigenvalue weighted by atomic mass is 10.1. The molecule has 25 heavy (non-hydrogen) atoms. The van der Waals surface area contributed by atoms with Crippen LogP contribution < -0.4 is 5.32 Å². The molecule has 2 aromatic rings. The lowest BCUT2D eigenvalue weighted by Crippen LogP contribution is -2.15. The fourth-order valence-corrected chi connectivity index (χ4v) is 4.12. The number of hydrogen-bond acceptors (Lipinski definition) is 5. The first kappa shape index (κ1) is 16.9. The van der Waals surface area contributed by atoms with E-state index in [2.05, 4.69) is 5.32 Å². The zero-order chi connectivity index (χ0) is 17.8. The van der Waals surface area contributed by atoms with Gasteiger partial charge in [0.1, 0.15) is 16.6 Å². The van der Waals surface area contributed by atoms with Gasteiger partial charge in [0.15, 0.2) is 0 Å². The highest BCUT2D eigenvalue weighted by Crippen LogP contribution is 2.39. The van der Waals surface area contributed by atoms with Crippen molar-refractivity contribution in [3.05, 3.63) is 57.5 Å². The number of aryl methyl sites for hydroxylation is 1. The molecule has 126 valence electrons. The number of fused-ring (bicyclic) bond motifs is 1. The van der Waals surface area contributed by atoms with Crippen molar-refractivity contribution in [2.24, 2.45) is 0 Å². The van der Waals surface area contributed by atoms with Crippen LogP contribution in [0.2, 0.25) is 0 Å². The van der Waals surface area contributed by atoms with Gasteiger partial charge in [-0.2, -0.15) is 5.26 Å². The Morgan fingerprint density at radius 2 is 2.04 bits per heavy atom.